The molecule has 3 aromatic rings. The van der Waals surface area contributed by atoms with Crippen LogP contribution >= 0.6 is 0 Å². The summed E-state index contributed by atoms with van der Waals surface area (Å²) in [6.45, 7) is 1.67. The number of nitrogens with two attached hydrogens (primary N) is 1. The molecule has 8 nitrogen and oxygen atoms in total. The maximum absolute atomic E-state index is 11.7. The fraction of sp³-hybridized carbons (Fsp3) is 0.0333. The molecule has 0 aliphatic heterocycles. The molecule has 9 heteroatoms. The van der Waals surface area contributed by atoms with Crippen molar-refractivity contribution in [1.82, 2.24) is 0 Å². The molecule has 2 aliphatic rings. The number of amides is 1. The molecule has 1 amide bonds. The van der Waals surface area contributed by atoms with Crippen LogP contribution in [0, 0.1) is 64.2 Å². The molecule has 0 spiro atoms. The SMILES string of the molecule is C/C(=N\N=C(\N)[O-])c1ccco1.O=C(Nc1ccccc1)c1ccccc1[O-].[CH]1[CH][CH][CH][CH]1.[CH]1[CH][CH][CH][CH]1.[Ti+4]. The molecule has 10 radical (unpaired) electrons. The normalized spacial score (nSPS) is 14.3. The van der Waals surface area contributed by atoms with Gasteiger partial charge in [0, 0.05) is 11.3 Å². The van der Waals surface area contributed by atoms with Gasteiger partial charge in [-0.1, -0.05) is 48.2 Å². The van der Waals surface area contributed by atoms with Gasteiger partial charge < -0.3 is 25.7 Å². The van der Waals surface area contributed by atoms with Gasteiger partial charge >= 0.3 is 21.7 Å². The van der Waals surface area contributed by atoms with Gasteiger partial charge in [-0.25, -0.2) is 0 Å². The summed E-state index contributed by atoms with van der Waals surface area (Å²) in [5.74, 6) is -0.0762. The van der Waals surface area contributed by atoms with Gasteiger partial charge in [-0.15, -0.1) is 5.10 Å². The fourth-order valence-electron chi connectivity index (χ4n) is 2.67. The Morgan fingerprint density at radius 1 is 0.769 bits per heavy atom. The molecule has 0 bridgehead atoms. The number of amidine groups is 1. The van der Waals surface area contributed by atoms with E-state index in [2.05, 4.69) is 15.5 Å². The zero-order valence-corrected chi connectivity index (χ0v) is 22.9. The summed E-state index contributed by atoms with van der Waals surface area (Å²) in [5.41, 5.74) is 6.10. The minimum atomic E-state index is -0.819. The van der Waals surface area contributed by atoms with Crippen LogP contribution < -0.4 is 21.3 Å². The first-order valence-corrected chi connectivity index (χ1v) is 11.5. The van der Waals surface area contributed by atoms with E-state index in [9.17, 15) is 15.0 Å². The summed E-state index contributed by atoms with van der Waals surface area (Å²) in [6.07, 6.45) is 21.5. The van der Waals surface area contributed by atoms with Gasteiger partial charge in [0.15, 0.2) is 0 Å². The van der Waals surface area contributed by atoms with Crippen LogP contribution in [0.4, 0.5) is 5.69 Å². The molecule has 1 heterocycles. The number of carbonyl (C=O) groups is 1. The third kappa shape index (κ3) is 15.0. The van der Waals surface area contributed by atoms with Crippen LogP contribution in [0.2, 0.25) is 0 Å². The van der Waals surface area contributed by atoms with Crippen molar-refractivity contribution >= 4 is 23.3 Å². The number of hydrogen-bond acceptors (Lipinski definition) is 6. The van der Waals surface area contributed by atoms with Crippen molar-refractivity contribution < 1.29 is 41.1 Å². The minimum absolute atomic E-state index is 0. The quantitative estimate of drug-likeness (QED) is 0.218. The van der Waals surface area contributed by atoms with Crippen LogP contribution in [0.25, 0.3) is 0 Å². The Hall–Kier alpha value is -3.36. The molecule has 0 unspecified atom stereocenters. The summed E-state index contributed by atoms with van der Waals surface area (Å²) >= 11 is 0. The second kappa shape index (κ2) is 20.6. The van der Waals surface area contributed by atoms with Gasteiger partial charge in [-0.2, -0.15) is 5.10 Å². The van der Waals surface area contributed by atoms with Crippen LogP contribution in [0.5, 0.6) is 5.75 Å². The Kier molecular flexibility index (Phi) is 17.8. The molecule has 5 rings (SSSR count). The largest absolute Gasteiger partial charge is 4.00 e. The van der Waals surface area contributed by atoms with Crippen molar-refractivity contribution in [2.75, 3.05) is 5.32 Å². The number of carbonyl (C=O) groups excluding carboxylic acids is 1. The van der Waals surface area contributed by atoms with E-state index >= 15 is 0 Å². The van der Waals surface area contributed by atoms with E-state index in [4.69, 9.17) is 10.2 Å². The van der Waals surface area contributed by atoms with Crippen LogP contribution in [0.15, 0.2) is 87.6 Å². The number of nitrogens with zero attached hydrogens (tertiary/aromatic N) is 2. The maximum atomic E-state index is 11.7. The Balaban J connectivity index is 0.000000288. The van der Waals surface area contributed by atoms with Crippen molar-refractivity contribution in [2.45, 2.75) is 6.92 Å². The average molecular weight is 556 g/mol. The topological polar surface area (TPSA) is 139 Å². The van der Waals surface area contributed by atoms with Crippen LogP contribution in [0.1, 0.15) is 23.0 Å². The summed E-state index contributed by atoms with van der Waals surface area (Å²) in [5, 5.41) is 30.9. The third-order valence-corrected chi connectivity index (χ3v) is 4.45. The van der Waals surface area contributed by atoms with Gasteiger partial charge in [0.25, 0.3) is 5.91 Å². The van der Waals surface area contributed by atoms with E-state index in [1.54, 1.807) is 43.3 Å². The molecular weight excluding hydrogens is 528 g/mol. The molecule has 194 valence electrons. The number of para-hydroxylation sites is 2. The number of anilines is 1. The molecular formula is C30H28N4O4Ti+2. The summed E-state index contributed by atoms with van der Waals surface area (Å²) in [7, 11) is 0. The van der Waals surface area contributed by atoms with Crippen molar-refractivity contribution in [2.24, 2.45) is 15.9 Å². The van der Waals surface area contributed by atoms with Gasteiger partial charge in [-0.05, 0) is 95.4 Å². The first kappa shape index (κ1) is 33.7. The van der Waals surface area contributed by atoms with Gasteiger partial charge in [0.05, 0.1) is 12.3 Å². The standard InChI is InChI=1S/C13H11NO2.C7H9N3O2.2C5H5.Ti/c15-12-9-5-4-8-11(12)13(16)14-10-6-2-1-3-7-10;1-5(9-10-7(8)11)6-3-2-4-12-6;2*1-2-4-5-3-1;/h1-9,15H,(H,14,16);2-4H,1H3,(H3,8,10,11);2*1-5H;/q;;;;+4/p-2/b;9-5+;;;. The van der Waals surface area contributed by atoms with E-state index in [1.807, 2.05) is 82.4 Å². The monoisotopic (exact) mass is 556 g/mol. The maximum Gasteiger partial charge on any atom is 4.00 e. The molecule has 0 saturated heterocycles. The molecule has 2 aromatic carbocycles. The number of benzene rings is 2. The number of rotatable bonds is 4. The van der Waals surface area contributed by atoms with Crippen molar-refractivity contribution in [3.63, 3.8) is 0 Å². The fourth-order valence-corrected chi connectivity index (χ4v) is 2.67. The van der Waals surface area contributed by atoms with Gasteiger partial charge in [0.2, 0.25) is 0 Å². The molecule has 0 atom stereocenters. The third-order valence-electron chi connectivity index (χ3n) is 4.45. The molecule has 2 fully saturated rings. The van der Waals surface area contributed by atoms with E-state index < -0.39 is 6.02 Å². The van der Waals surface area contributed by atoms with E-state index in [0.717, 1.165) is 0 Å². The van der Waals surface area contributed by atoms with E-state index in [1.165, 1.54) is 18.4 Å². The number of furan rings is 1. The molecule has 39 heavy (non-hydrogen) atoms. The Labute approximate surface area is 246 Å². The van der Waals surface area contributed by atoms with Crippen LogP contribution in [-0.2, 0) is 21.7 Å². The van der Waals surface area contributed by atoms with Gasteiger partial charge in [-0.3, -0.25) is 4.79 Å². The first-order valence-electron chi connectivity index (χ1n) is 11.5. The molecule has 2 saturated carbocycles. The van der Waals surface area contributed by atoms with Crippen LogP contribution in [-0.4, -0.2) is 17.6 Å². The van der Waals surface area contributed by atoms with E-state index in [-0.39, 0.29) is 38.9 Å². The average Bonchev–Trinajstić information content (AvgIpc) is 3.75. The number of nitrogens with one attached hydrogen (secondary N) is 1. The molecule has 3 N–H and O–H groups in total. The smallest absolute Gasteiger partial charge is 0.872 e. The predicted octanol–water partition coefficient (Wildman–Crippen LogP) is 3.73. The zero-order valence-electron chi connectivity index (χ0n) is 21.3. The first-order chi connectivity index (χ1) is 18.5. The van der Waals surface area contributed by atoms with Crippen molar-refractivity contribution in [1.29, 1.82) is 0 Å². The number of hydrogen-bond donors (Lipinski definition) is 2. The predicted molar refractivity (Wildman–Crippen MR) is 146 cm³/mol. The van der Waals surface area contributed by atoms with Crippen molar-refractivity contribution in [3.8, 4) is 5.75 Å². The minimum Gasteiger partial charge on any atom is -0.872 e. The summed E-state index contributed by atoms with van der Waals surface area (Å²) < 4.78 is 4.98. The van der Waals surface area contributed by atoms with Crippen LogP contribution in [0.3, 0.4) is 0 Å². The second-order valence-corrected chi connectivity index (χ2v) is 7.34. The Morgan fingerprint density at radius 3 is 1.74 bits per heavy atom. The molecule has 1 aromatic heterocycles. The molecule has 2 aliphatic carbocycles. The van der Waals surface area contributed by atoms with Gasteiger partial charge in [0.1, 0.15) is 11.5 Å². The zero-order chi connectivity index (χ0) is 27.4. The van der Waals surface area contributed by atoms with E-state index in [0.29, 0.717) is 17.2 Å². The summed E-state index contributed by atoms with van der Waals surface area (Å²) in [6, 6.07) is 17.8. The second-order valence-electron chi connectivity index (χ2n) is 7.34. The van der Waals surface area contributed by atoms with Crippen molar-refractivity contribution in [3.05, 3.63) is 149 Å². The Morgan fingerprint density at radius 2 is 1.28 bits per heavy atom. The Bertz CT molecular complexity index is 1080. The summed E-state index contributed by atoms with van der Waals surface area (Å²) in [4.78, 5) is 11.7.